The smallest absolute Gasteiger partial charge is 0.354 e. The number of anilines is 1. The molecule has 0 saturated carbocycles. The van der Waals surface area contributed by atoms with Gasteiger partial charge in [-0.25, -0.2) is 9.78 Å². The molecule has 0 bridgehead atoms. The van der Waals surface area contributed by atoms with E-state index in [1.165, 1.54) is 0 Å². The van der Waals surface area contributed by atoms with Crippen LogP contribution < -0.4 is 11.1 Å². The molecule has 5 heteroatoms. The lowest BCUT2D eigenvalue weighted by Gasteiger charge is -2.10. The summed E-state index contributed by atoms with van der Waals surface area (Å²) in [7, 11) is 0. The minimum atomic E-state index is -1.03. The minimum Gasteiger partial charge on any atom is -0.477 e. The molecule has 0 aliphatic heterocycles. The zero-order chi connectivity index (χ0) is 13.0. The molecule has 2 aromatic rings. The fourth-order valence-corrected chi connectivity index (χ4v) is 1.76. The van der Waals surface area contributed by atoms with Crippen molar-refractivity contribution in [3.63, 3.8) is 0 Å². The number of nitrogens with two attached hydrogens (primary N) is 1. The Labute approximate surface area is 105 Å². The predicted octanol–water partition coefficient (Wildman–Crippen LogP) is 1.69. The highest BCUT2D eigenvalue weighted by atomic mass is 16.4. The van der Waals surface area contributed by atoms with Gasteiger partial charge in [0.05, 0.1) is 5.52 Å². The number of carboxylic acid groups (broad SMARTS) is 1. The topological polar surface area (TPSA) is 88.2 Å². The summed E-state index contributed by atoms with van der Waals surface area (Å²) in [5, 5.41) is 13.1. The summed E-state index contributed by atoms with van der Waals surface area (Å²) in [5.41, 5.74) is 6.94. The van der Waals surface area contributed by atoms with E-state index in [1.54, 1.807) is 12.1 Å². The van der Waals surface area contributed by atoms with Gasteiger partial charge in [-0.05, 0) is 25.1 Å². The van der Waals surface area contributed by atoms with Crippen molar-refractivity contribution >= 4 is 22.6 Å². The zero-order valence-corrected chi connectivity index (χ0v) is 9.89. The normalized spacial score (nSPS) is 10.5. The minimum absolute atomic E-state index is 0.0453. The highest BCUT2D eigenvalue weighted by Crippen LogP contribution is 2.23. The van der Waals surface area contributed by atoms with Gasteiger partial charge < -0.3 is 16.2 Å². The van der Waals surface area contributed by atoms with Crippen molar-refractivity contribution < 1.29 is 9.90 Å². The number of nitrogens with one attached hydrogen (secondary N) is 1. The summed E-state index contributed by atoms with van der Waals surface area (Å²) in [6.07, 6.45) is 0.832. The second-order valence-corrected chi connectivity index (χ2v) is 3.95. The van der Waals surface area contributed by atoms with Crippen molar-refractivity contribution in [1.82, 2.24) is 4.98 Å². The molecule has 0 saturated heterocycles. The van der Waals surface area contributed by atoms with Crippen LogP contribution in [0.4, 0.5) is 5.69 Å². The Kier molecular flexibility index (Phi) is 3.74. The maximum absolute atomic E-state index is 11.0. The fourth-order valence-electron chi connectivity index (χ4n) is 1.76. The molecule has 0 aliphatic rings. The van der Waals surface area contributed by atoms with Crippen LogP contribution >= 0.6 is 0 Å². The van der Waals surface area contributed by atoms with E-state index in [1.807, 2.05) is 18.2 Å². The van der Waals surface area contributed by atoms with Gasteiger partial charge in [-0.15, -0.1) is 0 Å². The molecular weight excluding hydrogens is 230 g/mol. The first-order valence-electron chi connectivity index (χ1n) is 5.79. The molecule has 0 spiro atoms. The van der Waals surface area contributed by atoms with Crippen molar-refractivity contribution in [2.45, 2.75) is 6.42 Å². The maximum Gasteiger partial charge on any atom is 0.354 e. The van der Waals surface area contributed by atoms with Gasteiger partial charge in [0.1, 0.15) is 0 Å². The largest absolute Gasteiger partial charge is 0.477 e. The van der Waals surface area contributed by atoms with Gasteiger partial charge in [-0.3, -0.25) is 0 Å². The molecule has 2 rings (SSSR count). The van der Waals surface area contributed by atoms with Crippen molar-refractivity contribution in [1.29, 1.82) is 0 Å². The van der Waals surface area contributed by atoms with E-state index in [2.05, 4.69) is 10.3 Å². The van der Waals surface area contributed by atoms with E-state index in [-0.39, 0.29) is 5.69 Å². The van der Waals surface area contributed by atoms with Crippen molar-refractivity contribution in [2.24, 2.45) is 5.73 Å². The summed E-state index contributed by atoms with van der Waals surface area (Å²) in [6.45, 7) is 1.31. The number of nitrogens with zero attached hydrogens (tertiary/aromatic N) is 1. The molecule has 1 aromatic heterocycles. The Bertz CT molecular complexity index is 569. The van der Waals surface area contributed by atoms with Crippen LogP contribution in [0.15, 0.2) is 30.3 Å². The van der Waals surface area contributed by atoms with Crippen LogP contribution in [-0.2, 0) is 0 Å². The molecular formula is C13H15N3O2. The molecule has 0 aliphatic carbocycles. The summed E-state index contributed by atoms with van der Waals surface area (Å²) >= 11 is 0. The summed E-state index contributed by atoms with van der Waals surface area (Å²) in [4.78, 5) is 15.1. The number of hydrogen-bond donors (Lipinski definition) is 3. The van der Waals surface area contributed by atoms with E-state index in [0.29, 0.717) is 18.6 Å². The van der Waals surface area contributed by atoms with Gasteiger partial charge in [0, 0.05) is 17.6 Å². The van der Waals surface area contributed by atoms with Crippen LogP contribution in [0.5, 0.6) is 0 Å². The molecule has 0 amide bonds. The highest BCUT2D eigenvalue weighted by Gasteiger charge is 2.09. The van der Waals surface area contributed by atoms with Gasteiger partial charge in [0.15, 0.2) is 5.69 Å². The van der Waals surface area contributed by atoms with Gasteiger partial charge in [0.2, 0.25) is 0 Å². The van der Waals surface area contributed by atoms with Gasteiger partial charge in [-0.2, -0.15) is 0 Å². The first kappa shape index (κ1) is 12.3. The van der Waals surface area contributed by atoms with Crippen molar-refractivity contribution in [3.8, 4) is 0 Å². The third-order valence-electron chi connectivity index (χ3n) is 2.63. The lowest BCUT2D eigenvalue weighted by Crippen LogP contribution is -2.10. The van der Waals surface area contributed by atoms with Crippen LogP contribution in [0.1, 0.15) is 16.9 Å². The van der Waals surface area contributed by atoms with Crippen LogP contribution in [0, 0.1) is 0 Å². The third-order valence-corrected chi connectivity index (χ3v) is 2.63. The number of carbonyl (C=O) groups is 1. The zero-order valence-electron chi connectivity index (χ0n) is 9.89. The number of fused-ring (bicyclic) bond motifs is 1. The summed E-state index contributed by atoms with van der Waals surface area (Å²) in [6, 6.07) is 9.01. The molecule has 0 unspecified atom stereocenters. The van der Waals surface area contributed by atoms with Crippen LogP contribution in [0.25, 0.3) is 10.9 Å². The van der Waals surface area contributed by atoms with E-state index in [9.17, 15) is 4.79 Å². The Hall–Kier alpha value is -2.14. The second-order valence-electron chi connectivity index (χ2n) is 3.95. The number of hydrogen-bond acceptors (Lipinski definition) is 4. The molecule has 18 heavy (non-hydrogen) atoms. The predicted molar refractivity (Wildman–Crippen MR) is 70.9 cm³/mol. The summed E-state index contributed by atoms with van der Waals surface area (Å²) in [5.74, 6) is -1.03. The average Bonchev–Trinajstić information content (AvgIpc) is 2.38. The average molecular weight is 245 g/mol. The number of rotatable bonds is 5. The number of para-hydroxylation sites is 1. The third kappa shape index (κ3) is 2.57. The van der Waals surface area contributed by atoms with Gasteiger partial charge >= 0.3 is 5.97 Å². The number of carboxylic acids is 1. The second kappa shape index (κ2) is 5.46. The van der Waals surface area contributed by atoms with E-state index in [0.717, 1.165) is 17.5 Å². The molecule has 0 atom stereocenters. The van der Waals surface area contributed by atoms with Crippen molar-refractivity contribution in [2.75, 3.05) is 18.4 Å². The lowest BCUT2D eigenvalue weighted by molar-refractivity contribution is 0.0691. The van der Waals surface area contributed by atoms with Gasteiger partial charge in [-0.1, -0.05) is 18.2 Å². The Balaban J connectivity index is 2.43. The fraction of sp³-hybridized carbons (Fsp3) is 0.231. The highest BCUT2D eigenvalue weighted by molar-refractivity contribution is 5.97. The molecule has 0 fully saturated rings. The maximum atomic E-state index is 11.0. The SMILES string of the molecule is NCCCNc1cc(C(=O)O)nc2ccccc12. The number of aromatic carboxylic acids is 1. The quantitative estimate of drug-likeness (QED) is 0.698. The van der Waals surface area contributed by atoms with Gasteiger partial charge in [0.25, 0.3) is 0 Å². The Morgan fingerprint density at radius 1 is 1.39 bits per heavy atom. The van der Waals surface area contributed by atoms with Crippen LogP contribution in [0.3, 0.4) is 0 Å². The van der Waals surface area contributed by atoms with E-state index in [4.69, 9.17) is 10.8 Å². The molecule has 4 N–H and O–H groups in total. The van der Waals surface area contributed by atoms with E-state index < -0.39 is 5.97 Å². The Morgan fingerprint density at radius 2 is 2.17 bits per heavy atom. The van der Waals surface area contributed by atoms with E-state index >= 15 is 0 Å². The number of pyridine rings is 1. The molecule has 1 heterocycles. The molecule has 5 nitrogen and oxygen atoms in total. The lowest BCUT2D eigenvalue weighted by atomic mass is 10.1. The molecule has 94 valence electrons. The van der Waals surface area contributed by atoms with Crippen molar-refractivity contribution in [3.05, 3.63) is 36.0 Å². The van der Waals surface area contributed by atoms with Crippen LogP contribution in [0.2, 0.25) is 0 Å². The Morgan fingerprint density at radius 3 is 2.89 bits per heavy atom. The summed E-state index contributed by atoms with van der Waals surface area (Å²) < 4.78 is 0. The number of aromatic nitrogens is 1. The monoisotopic (exact) mass is 245 g/mol. The first-order valence-corrected chi connectivity index (χ1v) is 5.79. The van der Waals surface area contributed by atoms with Crippen LogP contribution in [-0.4, -0.2) is 29.1 Å². The standard InChI is InChI=1S/C13H15N3O2/c14-6-3-7-15-11-8-12(13(17)18)16-10-5-2-1-4-9(10)11/h1-2,4-5,8H,3,6-7,14H2,(H,15,16)(H,17,18). The first-order chi connectivity index (χ1) is 8.72. The molecule has 1 aromatic carbocycles. The molecule has 0 radical (unpaired) electrons. The number of benzene rings is 1.